The number of amides is 4. The van der Waals surface area contributed by atoms with Gasteiger partial charge in [-0.15, -0.1) is 0 Å². The van der Waals surface area contributed by atoms with Crippen LogP contribution in [0.1, 0.15) is 68.2 Å². The van der Waals surface area contributed by atoms with Gasteiger partial charge in [-0.05, 0) is 27.7 Å². The molecular weight excluding hydrogens is 312 g/mol. The van der Waals surface area contributed by atoms with Crippen molar-refractivity contribution in [2.24, 2.45) is 0 Å². The van der Waals surface area contributed by atoms with Gasteiger partial charge in [0.1, 0.15) is 11.3 Å². The minimum atomic E-state index is -0.654. The first-order valence-electron chi connectivity index (χ1n) is 7.94. The van der Waals surface area contributed by atoms with Gasteiger partial charge in [-0.1, -0.05) is 13.8 Å². The Morgan fingerprint density at radius 3 is 1.04 bits per heavy atom. The van der Waals surface area contributed by atoms with Crippen molar-refractivity contribution in [3.05, 3.63) is 0 Å². The molecule has 140 valence electrons. The summed E-state index contributed by atoms with van der Waals surface area (Å²) in [6, 6.07) is 0. The summed E-state index contributed by atoms with van der Waals surface area (Å²) < 4.78 is 0. The molecule has 0 bridgehead atoms. The summed E-state index contributed by atoms with van der Waals surface area (Å²) in [7, 11) is 0. The third-order valence-corrected chi connectivity index (χ3v) is 2.52. The molecule has 24 heavy (non-hydrogen) atoms. The van der Waals surface area contributed by atoms with Crippen molar-refractivity contribution >= 4 is 23.6 Å². The molecule has 0 aliphatic heterocycles. The van der Waals surface area contributed by atoms with E-state index in [1.165, 1.54) is 13.8 Å². The van der Waals surface area contributed by atoms with E-state index in [0.717, 1.165) is 0 Å². The lowest BCUT2D eigenvalue weighted by molar-refractivity contribution is -0.126. The van der Waals surface area contributed by atoms with Gasteiger partial charge >= 0.3 is 0 Å². The summed E-state index contributed by atoms with van der Waals surface area (Å²) in [5.74, 6) is -0.463. The molecular formula is C16H32N4O4. The normalized spacial score (nSPS) is 10.7. The fourth-order valence-electron chi connectivity index (χ4n) is 1.82. The van der Waals surface area contributed by atoms with Crippen LogP contribution in [0.4, 0.5) is 0 Å². The molecule has 8 heteroatoms. The molecule has 0 spiro atoms. The Labute approximate surface area is 144 Å². The van der Waals surface area contributed by atoms with Gasteiger partial charge in [0, 0.05) is 26.7 Å². The van der Waals surface area contributed by atoms with Crippen LogP contribution in [-0.2, 0) is 19.2 Å². The summed E-state index contributed by atoms with van der Waals surface area (Å²) in [4.78, 5) is 43.2. The second-order valence-electron chi connectivity index (χ2n) is 6.42. The zero-order valence-electron chi connectivity index (χ0n) is 16.0. The van der Waals surface area contributed by atoms with Crippen LogP contribution in [0, 0.1) is 0 Å². The number of carbonyl (C=O) groups is 4. The van der Waals surface area contributed by atoms with Gasteiger partial charge in [0.05, 0.1) is 0 Å². The van der Waals surface area contributed by atoms with E-state index in [2.05, 4.69) is 21.3 Å². The fraction of sp³-hybridized carbons (Fsp3) is 0.750. The Balaban J connectivity index is 0. The van der Waals surface area contributed by atoms with Crippen LogP contribution in [0.5, 0.6) is 0 Å². The van der Waals surface area contributed by atoms with E-state index in [0.29, 0.717) is 12.8 Å². The predicted octanol–water partition coefficient (Wildman–Crippen LogP) is 0.770. The molecule has 0 aliphatic carbocycles. The van der Waals surface area contributed by atoms with Gasteiger partial charge in [-0.25, -0.2) is 0 Å². The third-order valence-electron chi connectivity index (χ3n) is 2.52. The quantitative estimate of drug-likeness (QED) is 0.532. The average molecular weight is 344 g/mol. The molecule has 0 rings (SSSR count). The lowest BCUT2D eigenvalue weighted by Gasteiger charge is -2.26. The van der Waals surface area contributed by atoms with E-state index in [-0.39, 0.29) is 23.6 Å². The maximum absolute atomic E-state index is 10.9. The molecule has 0 unspecified atom stereocenters. The van der Waals surface area contributed by atoms with E-state index in [1.54, 1.807) is 41.5 Å². The van der Waals surface area contributed by atoms with Gasteiger partial charge in [0.2, 0.25) is 23.6 Å². The zero-order chi connectivity index (χ0) is 19.6. The number of hydrogen-bond donors (Lipinski definition) is 4. The minimum Gasteiger partial charge on any atom is -0.334 e. The number of hydrogen-bond acceptors (Lipinski definition) is 4. The van der Waals surface area contributed by atoms with Crippen molar-refractivity contribution in [1.82, 2.24) is 21.3 Å². The van der Waals surface area contributed by atoms with Crippen LogP contribution in [0.25, 0.3) is 0 Å². The molecule has 0 heterocycles. The first-order chi connectivity index (χ1) is 10.7. The van der Waals surface area contributed by atoms with Crippen LogP contribution in [0.3, 0.4) is 0 Å². The highest BCUT2D eigenvalue weighted by Gasteiger charge is 2.20. The number of nitrogens with one attached hydrogen (secondary N) is 4. The van der Waals surface area contributed by atoms with E-state index in [4.69, 9.17) is 0 Å². The third kappa shape index (κ3) is 14.8. The number of carbonyl (C=O) groups excluding carboxylic acids is 4. The van der Waals surface area contributed by atoms with Gasteiger partial charge in [-0.2, -0.15) is 0 Å². The van der Waals surface area contributed by atoms with Crippen LogP contribution >= 0.6 is 0 Å². The largest absolute Gasteiger partial charge is 0.334 e. The highest BCUT2D eigenvalue weighted by atomic mass is 16.2. The van der Waals surface area contributed by atoms with Crippen molar-refractivity contribution in [3.8, 4) is 0 Å². The molecule has 0 fully saturated rings. The highest BCUT2D eigenvalue weighted by Crippen LogP contribution is 1.97. The molecule has 0 aromatic carbocycles. The second kappa shape index (κ2) is 10.6. The maximum Gasteiger partial charge on any atom is 0.221 e. The Bertz CT molecular complexity index is 417. The second-order valence-corrected chi connectivity index (χ2v) is 6.42. The van der Waals surface area contributed by atoms with Crippen LogP contribution in [0.15, 0.2) is 0 Å². The predicted molar refractivity (Wildman–Crippen MR) is 92.7 cm³/mol. The Kier molecular flexibility index (Phi) is 10.7. The molecule has 0 aliphatic rings. The van der Waals surface area contributed by atoms with Gasteiger partial charge in [-0.3, -0.25) is 19.2 Å². The van der Waals surface area contributed by atoms with Crippen LogP contribution in [-0.4, -0.2) is 35.0 Å². The monoisotopic (exact) mass is 344 g/mol. The van der Waals surface area contributed by atoms with Crippen molar-refractivity contribution < 1.29 is 19.2 Å². The molecule has 4 amide bonds. The van der Waals surface area contributed by atoms with Crippen molar-refractivity contribution in [2.75, 3.05) is 0 Å². The summed E-state index contributed by atoms with van der Waals surface area (Å²) in [5.41, 5.74) is -1.31. The first kappa shape index (κ1) is 24.1. The van der Waals surface area contributed by atoms with Gasteiger partial charge in [0.25, 0.3) is 0 Å². The van der Waals surface area contributed by atoms with Crippen molar-refractivity contribution in [3.63, 3.8) is 0 Å². The van der Waals surface area contributed by atoms with E-state index < -0.39 is 11.3 Å². The lowest BCUT2D eigenvalue weighted by Crippen LogP contribution is -2.55. The summed E-state index contributed by atoms with van der Waals surface area (Å²) in [5, 5.41) is 10.6. The fourth-order valence-corrected chi connectivity index (χ4v) is 1.82. The Morgan fingerprint density at radius 1 is 0.625 bits per heavy atom. The molecule has 0 saturated heterocycles. The molecule has 8 nitrogen and oxygen atoms in total. The van der Waals surface area contributed by atoms with Gasteiger partial charge in [0.15, 0.2) is 0 Å². The lowest BCUT2D eigenvalue weighted by atomic mass is 10.2. The zero-order valence-corrected chi connectivity index (χ0v) is 16.0. The molecule has 0 aromatic rings. The smallest absolute Gasteiger partial charge is 0.221 e. The summed E-state index contributed by atoms with van der Waals surface area (Å²) in [6.45, 7) is 13.3. The molecule has 0 radical (unpaired) electrons. The van der Waals surface area contributed by atoms with Gasteiger partial charge < -0.3 is 21.3 Å². The minimum absolute atomic E-state index is 0.0752. The van der Waals surface area contributed by atoms with E-state index in [9.17, 15) is 19.2 Å². The van der Waals surface area contributed by atoms with Crippen LogP contribution in [0.2, 0.25) is 0 Å². The van der Waals surface area contributed by atoms with Crippen LogP contribution < -0.4 is 21.3 Å². The van der Waals surface area contributed by atoms with E-state index >= 15 is 0 Å². The maximum atomic E-state index is 10.9. The van der Waals surface area contributed by atoms with Crippen molar-refractivity contribution in [1.29, 1.82) is 0 Å². The summed E-state index contributed by atoms with van der Waals surface area (Å²) in [6.07, 6.45) is 0.839. The topological polar surface area (TPSA) is 116 Å². The molecule has 4 N–H and O–H groups in total. The standard InChI is InChI=1S/2C8H16N2O2/c2*1-5-7(12)10-8(3,4)9-6(2)11/h2*5H2,1-4H3,(H,9,11)(H,10,12). The summed E-state index contributed by atoms with van der Waals surface area (Å²) >= 11 is 0. The Hall–Kier alpha value is -2.12. The first-order valence-corrected chi connectivity index (χ1v) is 7.94. The average Bonchev–Trinajstić information content (AvgIpc) is 2.34. The molecule has 0 saturated carbocycles. The molecule has 0 atom stereocenters. The molecule has 0 aromatic heterocycles. The SMILES string of the molecule is CCC(=O)NC(C)(C)NC(C)=O.CCC(=O)NC(C)(C)NC(C)=O. The van der Waals surface area contributed by atoms with E-state index in [1.807, 2.05) is 0 Å². The number of rotatable bonds is 6. The Morgan fingerprint density at radius 2 is 0.875 bits per heavy atom. The van der Waals surface area contributed by atoms with Crippen molar-refractivity contribution in [2.45, 2.75) is 79.6 Å². The highest BCUT2D eigenvalue weighted by molar-refractivity contribution is 5.79.